The van der Waals surface area contributed by atoms with E-state index in [1.165, 1.54) is 44.9 Å². The second-order valence-electron chi connectivity index (χ2n) is 7.24. The maximum absolute atomic E-state index is 6.22. The van der Waals surface area contributed by atoms with E-state index in [-0.39, 0.29) is 0 Å². The van der Waals surface area contributed by atoms with Crippen molar-refractivity contribution in [2.75, 3.05) is 0 Å². The van der Waals surface area contributed by atoms with E-state index in [1.807, 2.05) is 0 Å². The highest BCUT2D eigenvalue weighted by Gasteiger charge is 2.42. The Hall–Kier alpha value is -0.900. The van der Waals surface area contributed by atoms with Gasteiger partial charge in [-0.2, -0.15) is 4.98 Å². The number of fused-ring (bicyclic) bond motifs is 2. The Kier molecular flexibility index (Phi) is 3.29. The van der Waals surface area contributed by atoms with Crippen molar-refractivity contribution in [2.45, 2.75) is 69.7 Å². The summed E-state index contributed by atoms with van der Waals surface area (Å²) in [5.74, 6) is 4.67. The van der Waals surface area contributed by atoms with Gasteiger partial charge in [-0.05, 0) is 49.9 Å². The fourth-order valence-electron chi connectivity index (χ4n) is 4.78. The molecule has 2 N–H and O–H groups in total. The summed E-state index contributed by atoms with van der Waals surface area (Å²) in [7, 11) is 0. The average molecular weight is 275 g/mol. The fourth-order valence-corrected chi connectivity index (χ4v) is 4.78. The van der Waals surface area contributed by atoms with E-state index in [9.17, 15) is 0 Å². The zero-order valence-electron chi connectivity index (χ0n) is 12.1. The van der Waals surface area contributed by atoms with Crippen molar-refractivity contribution in [3.8, 4) is 0 Å². The van der Waals surface area contributed by atoms with E-state index in [0.717, 1.165) is 36.4 Å². The van der Waals surface area contributed by atoms with Gasteiger partial charge in [-0.3, -0.25) is 0 Å². The third-order valence-electron chi connectivity index (χ3n) is 5.96. The van der Waals surface area contributed by atoms with Crippen LogP contribution in [0.15, 0.2) is 4.52 Å². The summed E-state index contributed by atoms with van der Waals surface area (Å²) < 4.78 is 5.52. The first kappa shape index (κ1) is 12.8. The normalized spacial score (nSPS) is 40.4. The molecule has 5 unspecified atom stereocenters. The molecule has 110 valence electrons. The molecule has 1 aromatic rings. The molecule has 2 bridgehead atoms. The molecule has 4 nitrogen and oxygen atoms in total. The lowest BCUT2D eigenvalue weighted by atomic mass is 9.83. The zero-order valence-corrected chi connectivity index (χ0v) is 12.1. The minimum Gasteiger partial charge on any atom is -0.339 e. The number of aromatic nitrogens is 2. The Morgan fingerprint density at radius 3 is 2.75 bits per heavy atom. The molecule has 0 amide bonds. The first-order chi connectivity index (χ1) is 9.79. The molecule has 4 heteroatoms. The third kappa shape index (κ3) is 2.28. The van der Waals surface area contributed by atoms with Crippen LogP contribution in [-0.2, 0) is 6.42 Å². The smallest absolute Gasteiger partial charge is 0.226 e. The van der Waals surface area contributed by atoms with Crippen molar-refractivity contribution < 1.29 is 4.52 Å². The lowest BCUT2D eigenvalue weighted by molar-refractivity contribution is 0.272. The maximum Gasteiger partial charge on any atom is 0.226 e. The molecular weight excluding hydrogens is 250 g/mol. The molecule has 5 atom stereocenters. The fraction of sp³-hybridized carbons (Fsp3) is 0.875. The van der Waals surface area contributed by atoms with Crippen LogP contribution in [0.2, 0.25) is 0 Å². The summed E-state index contributed by atoms with van der Waals surface area (Å²) in [5.41, 5.74) is 6.22. The van der Waals surface area contributed by atoms with Gasteiger partial charge in [0.2, 0.25) is 5.89 Å². The molecule has 3 aliphatic rings. The zero-order chi connectivity index (χ0) is 13.5. The van der Waals surface area contributed by atoms with E-state index in [2.05, 4.69) is 5.16 Å². The molecular formula is C16H25N3O. The number of hydrogen-bond acceptors (Lipinski definition) is 4. The van der Waals surface area contributed by atoms with Crippen molar-refractivity contribution in [1.82, 2.24) is 10.1 Å². The van der Waals surface area contributed by atoms with Crippen LogP contribution in [0, 0.1) is 17.8 Å². The minimum absolute atomic E-state index is 0.321. The van der Waals surface area contributed by atoms with Crippen LogP contribution in [0.5, 0.6) is 0 Å². The molecule has 1 heterocycles. The van der Waals surface area contributed by atoms with Crippen LogP contribution in [0.25, 0.3) is 0 Å². The van der Waals surface area contributed by atoms with Gasteiger partial charge in [0.25, 0.3) is 0 Å². The largest absolute Gasteiger partial charge is 0.339 e. The van der Waals surface area contributed by atoms with Crippen molar-refractivity contribution in [2.24, 2.45) is 23.5 Å². The van der Waals surface area contributed by atoms with Gasteiger partial charge < -0.3 is 10.3 Å². The van der Waals surface area contributed by atoms with Crippen LogP contribution in [0.4, 0.5) is 0 Å². The number of nitrogens with two attached hydrogens (primary N) is 1. The highest BCUT2D eigenvalue weighted by Crippen LogP contribution is 2.52. The molecule has 20 heavy (non-hydrogen) atoms. The average Bonchev–Trinajstić information content (AvgIpc) is 3.16. The van der Waals surface area contributed by atoms with Crippen LogP contribution >= 0.6 is 0 Å². The number of rotatable bonds is 3. The Morgan fingerprint density at radius 1 is 1.10 bits per heavy atom. The quantitative estimate of drug-likeness (QED) is 0.921. The van der Waals surface area contributed by atoms with Gasteiger partial charge in [-0.25, -0.2) is 0 Å². The summed E-state index contributed by atoms with van der Waals surface area (Å²) in [4.78, 5) is 4.71. The highest BCUT2D eigenvalue weighted by molar-refractivity contribution is 5.06. The molecule has 0 saturated heterocycles. The second kappa shape index (κ2) is 5.14. The van der Waals surface area contributed by atoms with Crippen LogP contribution in [-0.4, -0.2) is 16.2 Å². The van der Waals surface area contributed by atoms with Crippen molar-refractivity contribution in [3.05, 3.63) is 11.7 Å². The Balaban J connectivity index is 1.43. The molecule has 0 aliphatic heterocycles. The Morgan fingerprint density at radius 2 is 2.00 bits per heavy atom. The second-order valence-corrected chi connectivity index (χ2v) is 7.24. The van der Waals surface area contributed by atoms with E-state index >= 15 is 0 Å². The molecule has 3 fully saturated rings. The molecule has 3 aliphatic carbocycles. The van der Waals surface area contributed by atoms with Crippen molar-refractivity contribution >= 4 is 0 Å². The van der Waals surface area contributed by atoms with Gasteiger partial charge in [0.15, 0.2) is 5.82 Å². The van der Waals surface area contributed by atoms with Crippen molar-refractivity contribution in [3.63, 3.8) is 0 Å². The standard InChI is InChI=1S/C16H25N3O/c17-14-4-2-1-3-12(14)9-15-18-16(19-20-15)13-8-10-5-6-11(13)7-10/h10-14H,1-9,17H2. The Bertz CT molecular complexity index is 472. The van der Waals surface area contributed by atoms with Crippen molar-refractivity contribution in [1.29, 1.82) is 0 Å². The summed E-state index contributed by atoms with van der Waals surface area (Å²) >= 11 is 0. The predicted octanol–water partition coefficient (Wildman–Crippen LogP) is 3.03. The van der Waals surface area contributed by atoms with Crippen LogP contribution in [0.1, 0.15) is 69.0 Å². The van der Waals surface area contributed by atoms with E-state index < -0.39 is 0 Å². The summed E-state index contributed by atoms with van der Waals surface area (Å²) in [5, 5.41) is 4.28. The number of nitrogens with zero attached hydrogens (tertiary/aromatic N) is 2. The van der Waals surface area contributed by atoms with Gasteiger partial charge in [-0.1, -0.05) is 24.4 Å². The van der Waals surface area contributed by atoms with E-state index in [1.54, 1.807) is 0 Å². The molecule has 0 radical (unpaired) electrons. The lowest BCUT2D eigenvalue weighted by Gasteiger charge is -2.27. The molecule has 0 aromatic carbocycles. The SMILES string of the molecule is NC1CCCCC1Cc1nc(C2CC3CCC2C3)no1. The summed E-state index contributed by atoms with van der Waals surface area (Å²) in [6.45, 7) is 0. The summed E-state index contributed by atoms with van der Waals surface area (Å²) in [6.07, 6.45) is 11.3. The maximum atomic E-state index is 6.22. The predicted molar refractivity (Wildman–Crippen MR) is 76.1 cm³/mol. The van der Waals surface area contributed by atoms with E-state index in [0.29, 0.717) is 17.9 Å². The Labute approximate surface area is 120 Å². The van der Waals surface area contributed by atoms with Gasteiger partial charge in [-0.15, -0.1) is 0 Å². The topological polar surface area (TPSA) is 64.9 Å². The monoisotopic (exact) mass is 275 g/mol. The molecule has 0 spiro atoms. The van der Waals surface area contributed by atoms with Gasteiger partial charge in [0, 0.05) is 18.4 Å². The van der Waals surface area contributed by atoms with Crippen LogP contribution in [0.3, 0.4) is 0 Å². The molecule has 1 aromatic heterocycles. The highest BCUT2D eigenvalue weighted by atomic mass is 16.5. The van der Waals surface area contributed by atoms with E-state index in [4.69, 9.17) is 15.2 Å². The minimum atomic E-state index is 0.321. The third-order valence-corrected chi connectivity index (χ3v) is 5.96. The molecule has 3 saturated carbocycles. The van der Waals surface area contributed by atoms with Gasteiger partial charge >= 0.3 is 0 Å². The van der Waals surface area contributed by atoms with Gasteiger partial charge in [0.1, 0.15) is 0 Å². The van der Waals surface area contributed by atoms with Gasteiger partial charge in [0.05, 0.1) is 0 Å². The lowest BCUT2D eigenvalue weighted by Crippen LogP contribution is -2.34. The van der Waals surface area contributed by atoms with Crippen LogP contribution < -0.4 is 5.73 Å². The first-order valence-electron chi connectivity index (χ1n) is 8.37. The molecule has 4 rings (SSSR count). The number of hydrogen-bond donors (Lipinski definition) is 1. The first-order valence-corrected chi connectivity index (χ1v) is 8.37. The summed E-state index contributed by atoms with van der Waals surface area (Å²) in [6, 6.07) is 0.321.